The van der Waals surface area contributed by atoms with Crippen molar-refractivity contribution in [2.24, 2.45) is 0 Å². The molecule has 0 aromatic heterocycles. The summed E-state index contributed by atoms with van der Waals surface area (Å²) in [7, 11) is -2.51. The molecule has 25 heavy (non-hydrogen) atoms. The van der Waals surface area contributed by atoms with Crippen molar-refractivity contribution < 1.29 is 17.7 Å². The van der Waals surface area contributed by atoms with Crippen molar-refractivity contribution in [1.82, 2.24) is 4.31 Å². The molecule has 1 aromatic carbocycles. The molecule has 0 N–H and O–H groups in total. The van der Waals surface area contributed by atoms with Gasteiger partial charge in [0.1, 0.15) is 0 Å². The summed E-state index contributed by atoms with van der Waals surface area (Å²) >= 11 is 0. The maximum absolute atomic E-state index is 12.7. The average molecular weight is 367 g/mol. The van der Waals surface area contributed by atoms with E-state index < -0.39 is 28.3 Å². The van der Waals surface area contributed by atoms with Gasteiger partial charge in [0.2, 0.25) is 10.0 Å². The molecular weight excluding hydrogens is 337 g/mol. The molecule has 1 saturated heterocycles. The van der Waals surface area contributed by atoms with Crippen LogP contribution in [0.2, 0.25) is 0 Å². The fraction of sp³-hybridized carbons (Fsp3) is 0.667. The van der Waals surface area contributed by atoms with Gasteiger partial charge in [0, 0.05) is 13.6 Å². The highest BCUT2D eigenvalue weighted by Crippen LogP contribution is 2.37. The second-order valence-electron chi connectivity index (χ2n) is 7.95. The first-order valence-electron chi connectivity index (χ1n) is 8.79. The quantitative estimate of drug-likeness (QED) is 0.751. The van der Waals surface area contributed by atoms with Gasteiger partial charge in [0.25, 0.3) is 0 Å². The zero-order chi connectivity index (χ0) is 19.2. The highest BCUT2D eigenvalue weighted by atomic mass is 32.2. The first-order valence-corrected chi connectivity index (χ1v) is 10.2. The predicted molar refractivity (Wildman–Crippen MR) is 102 cm³/mol. The summed E-state index contributed by atoms with van der Waals surface area (Å²) < 4.78 is 39.1. The van der Waals surface area contributed by atoms with Crippen LogP contribution in [0.1, 0.15) is 59.9 Å². The largest absolute Gasteiger partial charge is 0.495 e. The number of sulfonamides is 1. The highest BCUT2D eigenvalue weighted by Gasteiger charge is 2.52. The monoisotopic (exact) mass is 367 g/mol. The van der Waals surface area contributed by atoms with E-state index in [1.807, 2.05) is 40.7 Å². The van der Waals surface area contributed by atoms with Crippen LogP contribution in [0, 0.1) is 0 Å². The normalized spacial score (nSPS) is 19.8. The van der Waals surface area contributed by atoms with E-state index in [1.54, 1.807) is 19.2 Å². The molecule has 0 saturated carbocycles. The van der Waals surface area contributed by atoms with Gasteiger partial charge in [0.05, 0.1) is 16.1 Å². The summed E-state index contributed by atoms with van der Waals surface area (Å²) in [5.41, 5.74) is 0.887. The first-order chi connectivity index (χ1) is 11.3. The molecule has 0 atom stereocenters. The summed E-state index contributed by atoms with van der Waals surface area (Å²) in [5, 5.41) is 0. The summed E-state index contributed by atoms with van der Waals surface area (Å²) in [6.07, 6.45) is 0. The summed E-state index contributed by atoms with van der Waals surface area (Å²) in [6, 6.07) is 5.26. The van der Waals surface area contributed by atoms with Crippen molar-refractivity contribution in [2.45, 2.75) is 70.5 Å². The number of hydrogen-bond acceptors (Lipinski definition) is 4. The molecule has 0 amide bonds. The Morgan fingerprint density at radius 3 is 2.08 bits per heavy atom. The van der Waals surface area contributed by atoms with Gasteiger partial charge >= 0.3 is 7.12 Å². The average Bonchev–Trinajstić information content (AvgIpc) is 2.73. The Kier molecular flexibility index (Phi) is 5.46. The van der Waals surface area contributed by atoms with E-state index in [1.165, 1.54) is 4.31 Å². The Balaban J connectivity index is 2.55. The van der Waals surface area contributed by atoms with E-state index in [2.05, 4.69) is 13.8 Å². The molecule has 0 spiro atoms. The molecule has 0 radical (unpaired) electrons. The topological polar surface area (TPSA) is 55.8 Å². The summed E-state index contributed by atoms with van der Waals surface area (Å²) in [6.45, 7) is 14.4. The van der Waals surface area contributed by atoms with Crippen LogP contribution < -0.4 is 5.46 Å². The number of rotatable bonds is 5. The van der Waals surface area contributed by atoms with Crippen LogP contribution in [-0.4, -0.2) is 44.6 Å². The minimum atomic E-state index is -3.52. The Morgan fingerprint density at radius 1 is 1.12 bits per heavy atom. The molecule has 1 fully saturated rings. The van der Waals surface area contributed by atoms with Gasteiger partial charge in [-0.2, -0.15) is 0 Å². The van der Waals surface area contributed by atoms with Crippen molar-refractivity contribution in [2.75, 3.05) is 13.6 Å². The fourth-order valence-electron chi connectivity index (χ4n) is 2.76. The lowest BCUT2D eigenvalue weighted by molar-refractivity contribution is 0.00578. The van der Waals surface area contributed by atoms with Crippen LogP contribution in [-0.2, 0) is 19.3 Å². The molecule has 5 nitrogen and oxygen atoms in total. The van der Waals surface area contributed by atoms with Crippen LogP contribution in [0.4, 0.5) is 0 Å². The van der Waals surface area contributed by atoms with Gasteiger partial charge in [-0.25, -0.2) is 12.7 Å². The Labute approximate surface area is 152 Å². The van der Waals surface area contributed by atoms with Crippen LogP contribution in [0.3, 0.4) is 0 Å². The van der Waals surface area contributed by atoms with Crippen molar-refractivity contribution in [3.8, 4) is 0 Å². The molecule has 0 unspecified atom stereocenters. The van der Waals surface area contributed by atoms with Crippen molar-refractivity contribution in [1.29, 1.82) is 0 Å². The van der Waals surface area contributed by atoms with Crippen LogP contribution in [0.25, 0.3) is 0 Å². The van der Waals surface area contributed by atoms with Crippen molar-refractivity contribution in [3.63, 3.8) is 0 Å². The summed E-state index contributed by atoms with van der Waals surface area (Å²) in [4.78, 5) is 0.269. The lowest BCUT2D eigenvalue weighted by Crippen LogP contribution is -2.41. The lowest BCUT2D eigenvalue weighted by Gasteiger charge is -2.32. The Bertz CT molecular complexity index is 727. The Hall–Kier alpha value is -0.885. The molecule has 7 heteroatoms. The molecule has 1 heterocycles. The maximum Gasteiger partial charge on any atom is 0.495 e. The highest BCUT2D eigenvalue weighted by molar-refractivity contribution is 7.89. The van der Waals surface area contributed by atoms with E-state index in [0.29, 0.717) is 6.54 Å². The van der Waals surface area contributed by atoms with Crippen LogP contribution >= 0.6 is 0 Å². The number of hydrogen-bond donors (Lipinski definition) is 0. The molecule has 1 aliphatic heterocycles. The van der Waals surface area contributed by atoms with Crippen LogP contribution in [0.5, 0.6) is 0 Å². The third kappa shape index (κ3) is 3.65. The third-order valence-corrected chi connectivity index (χ3v) is 7.27. The van der Waals surface area contributed by atoms with Crippen LogP contribution in [0.15, 0.2) is 23.1 Å². The number of nitrogens with zero attached hydrogens (tertiary/aromatic N) is 1. The van der Waals surface area contributed by atoms with Gasteiger partial charge in [-0.05, 0) is 56.8 Å². The maximum atomic E-state index is 12.7. The zero-order valence-electron chi connectivity index (χ0n) is 16.6. The van der Waals surface area contributed by atoms with Crippen molar-refractivity contribution >= 4 is 22.6 Å². The fourth-order valence-corrected chi connectivity index (χ4v) is 3.98. The summed E-state index contributed by atoms with van der Waals surface area (Å²) in [5.74, 6) is 0.231. The standard InChI is InChI=1S/C18H30BNO4S/c1-9-20(8)25(21,22)14-10-11-15(13(2)3)16(12-14)19-23-17(4,5)18(6,7)24-19/h10-13H,9H2,1-8H3. The van der Waals surface area contributed by atoms with Gasteiger partial charge < -0.3 is 9.31 Å². The lowest BCUT2D eigenvalue weighted by atomic mass is 9.73. The second kappa shape index (κ2) is 6.69. The SMILES string of the molecule is CCN(C)S(=O)(=O)c1ccc(C(C)C)c(B2OC(C)(C)C(C)(C)O2)c1. The van der Waals surface area contributed by atoms with Gasteiger partial charge in [-0.3, -0.25) is 0 Å². The molecule has 0 aliphatic carbocycles. The van der Waals surface area contributed by atoms with E-state index in [-0.39, 0.29) is 10.8 Å². The third-order valence-electron chi connectivity index (χ3n) is 5.34. The zero-order valence-corrected chi connectivity index (χ0v) is 17.4. The molecule has 0 bridgehead atoms. The van der Waals surface area contributed by atoms with Gasteiger partial charge in [0.15, 0.2) is 0 Å². The minimum Gasteiger partial charge on any atom is -0.399 e. The number of benzene rings is 1. The molecular formula is C18H30BNO4S. The molecule has 140 valence electrons. The predicted octanol–water partition coefficient (Wildman–Crippen LogP) is 2.75. The molecule has 1 aliphatic rings. The van der Waals surface area contributed by atoms with Gasteiger partial charge in [-0.1, -0.05) is 26.8 Å². The minimum absolute atomic E-state index is 0.231. The Morgan fingerprint density at radius 2 is 1.64 bits per heavy atom. The first kappa shape index (κ1) is 20.4. The smallest absolute Gasteiger partial charge is 0.399 e. The van der Waals surface area contributed by atoms with E-state index in [4.69, 9.17) is 9.31 Å². The second-order valence-corrected chi connectivity index (χ2v) is 10.00. The van der Waals surface area contributed by atoms with E-state index in [0.717, 1.165) is 11.0 Å². The van der Waals surface area contributed by atoms with Crippen molar-refractivity contribution in [3.05, 3.63) is 23.8 Å². The van der Waals surface area contributed by atoms with E-state index >= 15 is 0 Å². The van der Waals surface area contributed by atoms with Gasteiger partial charge in [-0.15, -0.1) is 0 Å². The van der Waals surface area contributed by atoms with E-state index in [9.17, 15) is 8.42 Å². The molecule has 2 rings (SSSR count). The molecule has 1 aromatic rings.